The quantitative estimate of drug-likeness (QED) is 0.675. The molecule has 2 heterocycles. The average Bonchev–Trinajstić information content (AvgIpc) is 2.96. The molecule has 25 heavy (non-hydrogen) atoms. The number of fused-ring (bicyclic) bond motifs is 1. The van der Waals surface area contributed by atoms with Crippen molar-refractivity contribution in [2.75, 3.05) is 4.90 Å². The fourth-order valence-corrected chi connectivity index (χ4v) is 3.40. The zero-order chi connectivity index (χ0) is 17.2. The molecule has 1 atom stereocenters. The predicted octanol–water partition coefficient (Wildman–Crippen LogP) is 5.04. The molecular weight excluding hydrogens is 306 g/mol. The molecule has 1 aromatic heterocycles. The first-order chi connectivity index (χ1) is 12.2. The van der Waals surface area contributed by atoms with Gasteiger partial charge in [-0.05, 0) is 49.6 Å². The summed E-state index contributed by atoms with van der Waals surface area (Å²) in [6.07, 6.45) is 7.02. The lowest BCUT2D eigenvalue weighted by atomic mass is 10.1. The molecule has 3 nitrogen and oxygen atoms in total. The normalized spacial score (nSPS) is 16.4. The van der Waals surface area contributed by atoms with Crippen LogP contribution in [0.25, 0.3) is 12.2 Å². The van der Waals surface area contributed by atoms with Crippen LogP contribution in [0.2, 0.25) is 0 Å². The number of hydrogen-bond acceptors (Lipinski definition) is 3. The highest BCUT2D eigenvalue weighted by Gasteiger charge is 2.28. The van der Waals surface area contributed by atoms with Crippen LogP contribution in [0.5, 0.6) is 0 Å². The molecule has 3 aromatic rings. The number of benzene rings is 2. The Balaban J connectivity index is 1.64. The highest BCUT2D eigenvalue weighted by molar-refractivity contribution is 5.70. The predicted molar refractivity (Wildman–Crippen MR) is 104 cm³/mol. The second kappa shape index (κ2) is 6.52. The van der Waals surface area contributed by atoms with Crippen molar-refractivity contribution in [3.05, 3.63) is 83.2 Å². The highest BCUT2D eigenvalue weighted by Crippen LogP contribution is 2.36. The van der Waals surface area contributed by atoms with Gasteiger partial charge in [-0.25, -0.2) is 9.97 Å². The molecule has 3 heteroatoms. The summed E-state index contributed by atoms with van der Waals surface area (Å²) in [5.41, 5.74) is 5.94. The molecular formula is C22H21N3. The van der Waals surface area contributed by atoms with E-state index >= 15 is 0 Å². The van der Waals surface area contributed by atoms with Crippen molar-refractivity contribution in [2.24, 2.45) is 0 Å². The number of aryl methyl sites for hydroxylation is 1. The lowest BCUT2D eigenvalue weighted by Gasteiger charge is -2.22. The Hall–Kier alpha value is -2.94. The third-order valence-corrected chi connectivity index (χ3v) is 4.58. The maximum Gasteiger partial charge on any atom is 0.230 e. The standard InChI is InChI=1S/C22H21N3/c1-16-6-5-7-18(14-16)10-11-20-12-13-23-22(24-20)25-17(2)15-19-8-3-4-9-21(19)25/h3-14,17H,15H2,1-2H3/b11-10+. The third-order valence-electron chi connectivity index (χ3n) is 4.58. The van der Waals surface area contributed by atoms with E-state index in [4.69, 9.17) is 4.98 Å². The van der Waals surface area contributed by atoms with E-state index in [1.54, 1.807) is 0 Å². The van der Waals surface area contributed by atoms with Crippen molar-refractivity contribution in [1.82, 2.24) is 9.97 Å². The number of nitrogens with zero attached hydrogens (tertiary/aromatic N) is 3. The fraction of sp³-hybridized carbons (Fsp3) is 0.182. The van der Waals surface area contributed by atoms with Crippen LogP contribution in [-0.4, -0.2) is 16.0 Å². The Morgan fingerprint density at radius 3 is 2.80 bits per heavy atom. The fourth-order valence-electron chi connectivity index (χ4n) is 3.40. The Kier molecular flexibility index (Phi) is 4.06. The molecule has 0 saturated carbocycles. The number of anilines is 2. The smallest absolute Gasteiger partial charge is 0.230 e. The maximum atomic E-state index is 4.77. The summed E-state index contributed by atoms with van der Waals surface area (Å²) in [5, 5.41) is 0. The first kappa shape index (κ1) is 15.6. The molecule has 0 fully saturated rings. The monoisotopic (exact) mass is 327 g/mol. The summed E-state index contributed by atoms with van der Waals surface area (Å²) in [4.78, 5) is 11.5. The summed E-state index contributed by atoms with van der Waals surface area (Å²) in [6.45, 7) is 4.32. The SMILES string of the molecule is Cc1cccc(/C=C/c2ccnc(N3c4ccccc4CC3C)n2)c1. The first-order valence-corrected chi connectivity index (χ1v) is 8.65. The van der Waals surface area contributed by atoms with Gasteiger partial charge >= 0.3 is 0 Å². The van der Waals surface area contributed by atoms with Gasteiger partial charge in [-0.2, -0.15) is 0 Å². The van der Waals surface area contributed by atoms with Crippen molar-refractivity contribution in [3.63, 3.8) is 0 Å². The first-order valence-electron chi connectivity index (χ1n) is 8.65. The number of hydrogen-bond donors (Lipinski definition) is 0. The molecule has 4 rings (SSSR count). The van der Waals surface area contributed by atoms with Gasteiger partial charge in [0, 0.05) is 17.9 Å². The van der Waals surface area contributed by atoms with Gasteiger partial charge in [-0.1, -0.05) is 54.1 Å². The number of rotatable bonds is 3. The van der Waals surface area contributed by atoms with E-state index in [1.807, 2.05) is 18.3 Å². The number of aromatic nitrogens is 2. The van der Waals surface area contributed by atoms with Gasteiger partial charge < -0.3 is 4.90 Å². The van der Waals surface area contributed by atoms with Gasteiger partial charge in [0.1, 0.15) is 0 Å². The summed E-state index contributed by atoms with van der Waals surface area (Å²) >= 11 is 0. The van der Waals surface area contributed by atoms with E-state index in [2.05, 4.69) is 78.3 Å². The Bertz CT molecular complexity index is 930. The van der Waals surface area contributed by atoms with Crippen LogP contribution in [0.4, 0.5) is 11.6 Å². The van der Waals surface area contributed by atoms with E-state index in [0.717, 1.165) is 18.1 Å². The average molecular weight is 327 g/mol. The van der Waals surface area contributed by atoms with Crippen LogP contribution in [0.15, 0.2) is 60.8 Å². The summed E-state index contributed by atoms with van der Waals surface area (Å²) in [5.74, 6) is 0.767. The van der Waals surface area contributed by atoms with Gasteiger partial charge in [-0.3, -0.25) is 0 Å². The Morgan fingerprint density at radius 2 is 1.92 bits per heavy atom. The highest BCUT2D eigenvalue weighted by atomic mass is 15.3. The summed E-state index contributed by atoms with van der Waals surface area (Å²) in [7, 11) is 0. The van der Waals surface area contributed by atoms with Gasteiger partial charge in [0.05, 0.1) is 5.69 Å². The minimum atomic E-state index is 0.369. The second-order valence-electron chi connectivity index (χ2n) is 6.58. The van der Waals surface area contributed by atoms with Crippen LogP contribution in [0.3, 0.4) is 0 Å². The molecule has 1 aliphatic heterocycles. The lowest BCUT2D eigenvalue weighted by molar-refractivity contribution is 0.739. The van der Waals surface area contributed by atoms with Gasteiger partial charge in [0.15, 0.2) is 0 Å². The molecule has 0 spiro atoms. The van der Waals surface area contributed by atoms with Gasteiger partial charge in [0.25, 0.3) is 0 Å². The molecule has 124 valence electrons. The minimum Gasteiger partial charge on any atom is -0.307 e. The van der Waals surface area contributed by atoms with Crippen molar-refractivity contribution in [3.8, 4) is 0 Å². The van der Waals surface area contributed by atoms with Crippen molar-refractivity contribution >= 4 is 23.8 Å². The molecule has 0 amide bonds. The van der Waals surface area contributed by atoms with E-state index in [-0.39, 0.29) is 0 Å². The van der Waals surface area contributed by atoms with E-state index in [1.165, 1.54) is 22.4 Å². The lowest BCUT2D eigenvalue weighted by Crippen LogP contribution is -2.25. The Labute approximate surface area is 148 Å². The topological polar surface area (TPSA) is 29.0 Å². The molecule has 0 N–H and O–H groups in total. The molecule has 0 bridgehead atoms. The summed E-state index contributed by atoms with van der Waals surface area (Å²) < 4.78 is 0. The van der Waals surface area contributed by atoms with Crippen LogP contribution >= 0.6 is 0 Å². The molecule has 1 unspecified atom stereocenters. The second-order valence-corrected chi connectivity index (χ2v) is 6.58. The van der Waals surface area contributed by atoms with Crippen molar-refractivity contribution in [2.45, 2.75) is 26.3 Å². The van der Waals surface area contributed by atoms with E-state index in [9.17, 15) is 0 Å². The van der Waals surface area contributed by atoms with Gasteiger partial charge in [-0.15, -0.1) is 0 Å². The molecule has 0 aliphatic carbocycles. The van der Waals surface area contributed by atoms with Crippen molar-refractivity contribution < 1.29 is 0 Å². The summed E-state index contributed by atoms with van der Waals surface area (Å²) in [6, 6.07) is 19.3. The molecule has 1 aliphatic rings. The zero-order valence-corrected chi connectivity index (χ0v) is 14.6. The van der Waals surface area contributed by atoms with Crippen LogP contribution < -0.4 is 4.90 Å². The van der Waals surface area contributed by atoms with E-state index in [0.29, 0.717) is 6.04 Å². The molecule has 0 radical (unpaired) electrons. The van der Waals surface area contributed by atoms with Crippen LogP contribution in [0, 0.1) is 6.92 Å². The molecule has 2 aromatic carbocycles. The molecule has 0 saturated heterocycles. The zero-order valence-electron chi connectivity index (χ0n) is 14.6. The van der Waals surface area contributed by atoms with Gasteiger partial charge in [0.2, 0.25) is 5.95 Å². The Morgan fingerprint density at radius 1 is 1.04 bits per heavy atom. The third kappa shape index (κ3) is 3.18. The maximum absolute atomic E-state index is 4.77. The van der Waals surface area contributed by atoms with Crippen LogP contribution in [0.1, 0.15) is 29.3 Å². The van der Waals surface area contributed by atoms with E-state index < -0.39 is 0 Å². The van der Waals surface area contributed by atoms with Crippen LogP contribution in [-0.2, 0) is 6.42 Å². The number of para-hydroxylation sites is 1. The largest absolute Gasteiger partial charge is 0.307 e. The minimum absolute atomic E-state index is 0.369. The van der Waals surface area contributed by atoms with Crippen molar-refractivity contribution in [1.29, 1.82) is 0 Å².